The van der Waals surface area contributed by atoms with Crippen LogP contribution in [-0.4, -0.2) is 20.4 Å². The Morgan fingerprint density at radius 2 is 2.11 bits per heavy atom. The first kappa shape index (κ1) is 12.0. The number of benzene rings is 1. The van der Waals surface area contributed by atoms with E-state index in [1.807, 2.05) is 0 Å². The van der Waals surface area contributed by atoms with Crippen molar-refractivity contribution in [2.75, 3.05) is 11.0 Å². The number of aromatic nitrogens is 3. The average Bonchev–Trinajstić information content (AvgIpc) is 2.33. The lowest BCUT2D eigenvalue weighted by Gasteiger charge is -2.24. The van der Waals surface area contributed by atoms with E-state index in [2.05, 4.69) is 15.2 Å². The number of anilines is 2. The molecule has 8 heteroatoms. The standard InChI is InChI=1S/C10H10N5O3/c11-10-12-9(16)7(13-14-10)5-6-3-1-2-4-8(6)15(17)18/h1-4,17H,5H2,(H3,11,12,14,16)/q-1. The van der Waals surface area contributed by atoms with Gasteiger partial charge >= 0.3 is 0 Å². The van der Waals surface area contributed by atoms with Gasteiger partial charge in [0, 0.05) is 6.42 Å². The number of aromatic amines is 1. The van der Waals surface area contributed by atoms with Crippen molar-refractivity contribution in [2.24, 2.45) is 0 Å². The summed E-state index contributed by atoms with van der Waals surface area (Å²) in [5.41, 5.74) is 5.41. The summed E-state index contributed by atoms with van der Waals surface area (Å²) in [4.78, 5) is 13.8. The molecule has 8 nitrogen and oxygen atoms in total. The predicted octanol–water partition coefficient (Wildman–Crippen LogP) is 0.0313. The quantitative estimate of drug-likeness (QED) is 0.653. The van der Waals surface area contributed by atoms with Crippen LogP contribution in [0.4, 0.5) is 11.6 Å². The number of nitrogens with one attached hydrogen (secondary N) is 1. The van der Waals surface area contributed by atoms with E-state index in [1.54, 1.807) is 18.2 Å². The molecule has 0 fully saturated rings. The third kappa shape index (κ3) is 2.44. The fourth-order valence-corrected chi connectivity index (χ4v) is 1.52. The molecule has 0 aliphatic rings. The highest BCUT2D eigenvalue weighted by molar-refractivity contribution is 5.53. The molecule has 1 aromatic heterocycles. The Balaban J connectivity index is 2.37. The molecular formula is C10H10N5O3-. The number of nitrogens with zero attached hydrogens (tertiary/aromatic N) is 3. The van der Waals surface area contributed by atoms with Gasteiger partial charge in [0.25, 0.3) is 5.56 Å². The van der Waals surface area contributed by atoms with E-state index in [0.717, 1.165) is 0 Å². The van der Waals surface area contributed by atoms with Gasteiger partial charge in [-0.1, -0.05) is 18.2 Å². The van der Waals surface area contributed by atoms with Gasteiger partial charge in [-0.15, -0.1) is 10.2 Å². The monoisotopic (exact) mass is 248 g/mol. The molecule has 0 aliphatic heterocycles. The van der Waals surface area contributed by atoms with Crippen molar-refractivity contribution in [1.82, 2.24) is 15.2 Å². The summed E-state index contributed by atoms with van der Waals surface area (Å²) >= 11 is 0. The Bertz CT molecular complexity index is 610. The van der Waals surface area contributed by atoms with E-state index in [0.29, 0.717) is 5.56 Å². The zero-order valence-electron chi connectivity index (χ0n) is 9.20. The Kier molecular flexibility index (Phi) is 3.22. The van der Waals surface area contributed by atoms with Crippen LogP contribution in [-0.2, 0) is 6.42 Å². The molecule has 1 aromatic carbocycles. The molecule has 0 spiro atoms. The van der Waals surface area contributed by atoms with Gasteiger partial charge in [-0.05, 0) is 11.6 Å². The zero-order chi connectivity index (χ0) is 13.1. The lowest BCUT2D eigenvalue weighted by Crippen LogP contribution is -2.20. The van der Waals surface area contributed by atoms with E-state index in [4.69, 9.17) is 10.9 Å². The van der Waals surface area contributed by atoms with Crippen LogP contribution < -0.4 is 16.5 Å². The first-order chi connectivity index (χ1) is 8.58. The van der Waals surface area contributed by atoms with Gasteiger partial charge < -0.3 is 16.2 Å². The average molecular weight is 248 g/mol. The van der Waals surface area contributed by atoms with E-state index in [-0.39, 0.29) is 29.0 Å². The first-order valence-corrected chi connectivity index (χ1v) is 5.03. The van der Waals surface area contributed by atoms with Crippen molar-refractivity contribution in [2.45, 2.75) is 6.42 Å². The van der Waals surface area contributed by atoms with E-state index in [1.165, 1.54) is 6.07 Å². The molecule has 0 aliphatic carbocycles. The fourth-order valence-electron chi connectivity index (χ4n) is 1.52. The highest BCUT2D eigenvalue weighted by atomic mass is 16.8. The maximum atomic E-state index is 11.5. The molecule has 2 rings (SSSR count). The summed E-state index contributed by atoms with van der Waals surface area (Å²) in [7, 11) is 0. The molecule has 2 aromatic rings. The maximum Gasteiger partial charge on any atom is 0.274 e. The minimum absolute atomic E-state index is 0.0514. The van der Waals surface area contributed by atoms with Gasteiger partial charge in [-0.25, -0.2) is 0 Å². The molecular weight excluding hydrogens is 238 g/mol. The SMILES string of the molecule is Nc1nnc(Cc2ccccc2N([O-])O)c(=O)[nH]1. The van der Waals surface area contributed by atoms with Crippen molar-refractivity contribution >= 4 is 11.6 Å². The van der Waals surface area contributed by atoms with Crippen LogP contribution >= 0.6 is 0 Å². The summed E-state index contributed by atoms with van der Waals surface area (Å²) in [6.07, 6.45) is 0.0675. The minimum Gasteiger partial charge on any atom is -0.733 e. The summed E-state index contributed by atoms with van der Waals surface area (Å²) in [6.45, 7) is 0. The van der Waals surface area contributed by atoms with Crippen LogP contribution in [0.15, 0.2) is 29.1 Å². The molecule has 0 saturated carbocycles. The van der Waals surface area contributed by atoms with Crippen LogP contribution in [0, 0.1) is 5.21 Å². The van der Waals surface area contributed by atoms with Gasteiger partial charge in [0.2, 0.25) is 5.95 Å². The van der Waals surface area contributed by atoms with Crippen molar-refractivity contribution in [3.8, 4) is 0 Å². The van der Waals surface area contributed by atoms with E-state index >= 15 is 0 Å². The molecule has 94 valence electrons. The lowest BCUT2D eigenvalue weighted by molar-refractivity contribution is 0.296. The minimum atomic E-state index is -0.479. The third-order valence-corrected chi connectivity index (χ3v) is 2.34. The summed E-state index contributed by atoms with van der Waals surface area (Å²) in [5.74, 6) is -0.0790. The molecule has 0 unspecified atom stereocenters. The Morgan fingerprint density at radius 1 is 1.39 bits per heavy atom. The van der Waals surface area contributed by atoms with Crippen LogP contribution in [0.3, 0.4) is 0 Å². The van der Waals surface area contributed by atoms with Crippen LogP contribution in [0.25, 0.3) is 0 Å². The number of para-hydroxylation sites is 1. The van der Waals surface area contributed by atoms with Crippen LogP contribution in [0.5, 0.6) is 0 Å². The zero-order valence-corrected chi connectivity index (χ0v) is 9.20. The van der Waals surface area contributed by atoms with Crippen molar-refractivity contribution in [3.63, 3.8) is 0 Å². The first-order valence-electron chi connectivity index (χ1n) is 5.03. The third-order valence-electron chi connectivity index (χ3n) is 2.34. The molecule has 0 amide bonds. The van der Waals surface area contributed by atoms with Crippen LogP contribution in [0.2, 0.25) is 0 Å². The number of hydrogen-bond acceptors (Lipinski definition) is 7. The van der Waals surface area contributed by atoms with Gasteiger partial charge in [0.15, 0.2) is 0 Å². The second-order valence-electron chi connectivity index (χ2n) is 3.56. The fraction of sp³-hybridized carbons (Fsp3) is 0.100. The van der Waals surface area contributed by atoms with Crippen molar-refractivity contribution < 1.29 is 5.21 Å². The Morgan fingerprint density at radius 3 is 2.78 bits per heavy atom. The van der Waals surface area contributed by atoms with Gasteiger partial charge in [-0.2, -0.15) is 0 Å². The molecule has 1 heterocycles. The number of nitrogen functional groups attached to an aromatic ring is 1. The maximum absolute atomic E-state index is 11.5. The smallest absolute Gasteiger partial charge is 0.274 e. The molecule has 0 radical (unpaired) electrons. The molecule has 4 N–H and O–H groups in total. The van der Waals surface area contributed by atoms with Gasteiger partial charge in [-0.3, -0.25) is 15.0 Å². The van der Waals surface area contributed by atoms with Crippen molar-refractivity contribution in [1.29, 1.82) is 0 Å². The number of H-pyrrole nitrogens is 1. The number of nitrogens with two attached hydrogens (primary N) is 1. The second-order valence-corrected chi connectivity index (χ2v) is 3.56. The predicted molar refractivity (Wildman–Crippen MR) is 63.9 cm³/mol. The Labute approximate surface area is 101 Å². The molecule has 0 bridgehead atoms. The van der Waals surface area contributed by atoms with Crippen LogP contribution in [0.1, 0.15) is 11.3 Å². The number of hydrogen-bond donors (Lipinski definition) is 3. The van der Waals surface area contributed by atoms with Gasteiger partial charge in [0.1, 0.15) is 5.69 Å². The topological polar surface area (TPSA) is 131 Å². The van der Waals surface area contributed by atoms with E-state index < -0.39 is 5.56 Å². The lowest BCUT2D eigenvalue weighted by atomic mass is 10.1. The Hall–Kier alpha value is -2.45. The van der Waals surface area contributed by atoms with Crippen molar-refractivity contribution in [3.05, 3.63) is 51.1 Å². The summed E-state index contributed by atoms with van der Waals surface area (Å²) in [6, 6.07) is 6.31. The molecule has 18 heavy (non-hydrogen) atoms. The summed E-state index contributed by atoms with van der Waals surface area (Å²) in [5, 5.41) is 26.8. The highest BCUT2D eigenvalue weighted by Crippen LogP contribution is 2.19. The molecule has 0 atom stereocenters. The number of rotatable bonds is 3. The summed E-state index contributed by atoms with van der Waals surface area (Å²) < 4.78 is 0. The normalized spacial score (nSPS) is 10.3. The molecule has 0 saturated heterocycles. The van der Waals surface area contributed by atoms with Gasteiger partial charge in [0.05, 0.1) is 5.69 Å². The largest absolute Gasteiger partial charge is 0.733 e. The van der Waals surface area contributed by atoms with E-state index in [9.17, 15) is 10.0 Å². The highest BCUT2D eigenvalue weighted by Gasteiger charge is 2.08. The second kappa shape index (κ2) is 4.82.